The molecule has 0 saturated carbocycles. The molecular formula is C10H15NO5. The van der Waals surface area contributed by atoms with E-state index in [0.717, 1.165) is 0 Å². The number of hydrogen-bond donors (Lipinski definition) is 1. The molecule has 0 spiro atoms. The topological polar surface area (TPSA) is 73.9 Å². The van der Waals surface area contributed by atoms with Crippen LogP contribution in [-0.4, -0.2) is 31.2 Å². The van der Waals surface area contributed by atoms with Gasteiger partial charge in [0, 0.05) is 6.42 Å². The smallest absolute Gasteiger partial charge is 0.412 e. The Bertz CT molecular complexity index is 291. The van der Waals surface area contributed by atoms with E-state index in [2.05, 4.69) is 11.9 Å². The van der Waals surface area contributed by atoms with Gasteiger partial charge in [-0.05, 0) is 6.92 Å². The molecule has 1 fully saturated rings. The average Bonchev–Trinajstić information content (AvgIpc) is 2.57. The lowest BCUT2D eigenvalue weighted by Crippen LogP contribution is -2.50. The normalized spacial score (nSPS) is 23.7. The standard InChI is InChI=1S/C10H15NO5/c1-3-7-14-9(13)11-10(15-4-2)6-5-8(12)16-10/h3H,1,4-7H2,2H3,(H,11,13). The summed E-state index contributed by atoms with van der Waals surface area (Å²) in [5.74, 6) is -1.78. The highest BCUT2D eigenvalue weighted by Gasteiger charge is 2.43. The monoisotopic (exact) mass is 229 g/mol. The highest BCUT2D eigenvalue weighted by Crippen LogP contribution is 2.25. The van der Waals surface area contributed by atoms with Crippen LogP contribution < -0.4 is 5.32 Å². The van der Waals surface area contributed by atoms with Crippen molar-refractivity contribution < 1.29 is 23.8 Å². The van der Waals surface area contributed by atoms with Crippen LogP contribution in [0.5, 0.6) is 0 Å². The Kier molecular flexibility index (Phi) is 4.30. The van der Waals surface area contributed by atoms with Crippen molar-refractivity contribution >= 4 is 12.1 Å². The van der Waals surface area contributed by atoms with Crippen LogP contribution in [-0.2, 0) is 19.0 Å². The van der Waals surface area contributed by atoms with Gasteiger partial charge in [0.05, 0.1) is 13.0 Å². The van der Waals surface area contributed by atoms with Gasteiger partial charge in [0.15, 0.2) is 0 Å². The molecule has 1 aliphatic heterocycles. The molecule has 16 heavy (non-hydrogen) atoms. The second-order valence-electron chi connectivity index (χ2n) is 3.17. The Labute approximate surface area is 93.5 Å². The summed E-state index contributed by atoms with van der Waals surface area (Å²) in [6.45, 7) is 5.55. The zero-order chi connectivity index (χ0) is 12.0. The number of nitrogens with one attached hydrogen (secondary N) is 1. The quantitative estimate of drug-likeness (QED) is 0.431. The van der Waals surface area contributed by atoms with E-state index in [9.17, 15) is 9.59 Å². The summed E-state index contributed by atoms with van der Waals surface area (Å²) >= 11 is 0. The van der Waals surface area contributed by atoms with Gasteiger partial charge in [0.1, 0.15) is 6.61 Å². The van der Waals surface area contributed by atoms with E-state index in [1.54, 1.807) is 6.92 Å². The Hall–Kier alpha value is -1.56. The molecule has 1 rings (SSSR count). The van der Waals surface area contributed by atoms with Gasteiger partial charge in [0.25, 0.3) is 5.91 Å². The minimum Gasteiger partial charge on any atom is -0.445 e. The fraction of sp³-hybridized carbons (Fsp3) is 0.600. The zero-order valence-corrected chi connectivity index (χ0v) is 9.15. The van der Waals surface area contributed by atoms with Crippen LogP contribution in [0.4, 0.5) is 4.79 Å². The Morgan fingerprint density at radius 1 is 1.75 bits per heavy atom. The predicted octanol–water partition coefficient (Wildman–Crippen LogP) is 0.926. The highest BCUT2D eigenvalue weighted by atomic mass is 16.7. The largest absolute Gasteiger partial charge is 0.445 e. The maximum Gasteiger partial charge on any atom is 0.412 e. The fourth-order valence-electron chi connectivity index (χ4n) is 1.34. The first-order valence-corrected chi connectivity index (χ1v) is 5.03. The molecule has 0 aromatic heterocycles. The van der Waals surface area contributed by atoms with Gasteiger partial charge in [-0.25, -0.2) is 4.79 Å². The molecular weight excluding hydrogens is 214 g/mol. The summed E-state index contributed by atoms with van der Waals surface area (Å²) in [4.78, 5) is 22.3. The summed E-state index contributed by atoms with van der Waals surface area (Å²) in [6, 6.07) is 0. The Balaban J connectivity index is 2.54. The average molecular weight is 229 g/mol. The molecule has 0 aliphatic carbocycles. The molecule has 6 heteroatoms. The summed E-state index contributed by atoms with van der Waals surface area (Å²) in [7, 11) is 0. The molecule has 1 N–H and O–H groups in total. The number of amides is 1. The van der Waals surface area contributed by atoms with Crippen molar-refractivity contribution in [1.29, 1.82) is 0 Å². The first-order valence-electron chi connectivity index (χ1n) is 5.03. The third-order valence-electron chi connectivity index (χ3n) is 1.94. The van der Waals surface area contributed by atoms with Crippen LogP contribution in [0.1, 0.15) is 19.8 Å². The number of carbonyl (C=O) groups is 2. The molecule has 0 aromatic rings. The van der Waals surface area contributed by atoms with Crippen molar-refractivity contribution in [3.05, 3.63) is 12.7 Å². The minimum atomic E-state index is -1.37. The van der Waals surface area contributed by atoms with Crippen molar-refractivity contribution in [3.63, 3.8) is 0 Å². The summed E-state index contributed by atoms with van der Waals surface area (Å²) in [5, 5.41) is 2.38. The molecule has 1 heterocycles. The van der Waals surface area contributed by atoms with E-state index in [4.69, 9.17) is 14.2 Å². The van der Waals surface area contributed by atoms with Gasteiger partial charge in [-0.15, -0.1) is 0 Å². The van der Waals surface area contributed by atoms with Gasteiger partial charge in [-0.2, -0.15) is 0 Å². The maximum atomic E-state index is 11.3. The minimum absolute atomic E-state index is 0.0853. The van der Waals surface area contributed by atoms with Crippen molar-refractivity contribution in [3.8, 4) is 0 Å². The molecule has 90 valence electrons. The van der Waals surface area contributed by atoms with Crippen molar-refractivity contribution in [1.82, 2.24) is 5.32 Å². The Morgan fingerprint density at radius 3 is 3.00 bits per heavy atom. The summed E-state index contributed by atoms with van der Waals surface area (Å²) in [6.07, 6.45) is 1.22. The van der Waals surface area contributed by atoms with Gasteiger partial charge in [0.2, 0.25) is 0 Å². The fourth-order valence-corrected chi connectivity index (χ4v) is 1.34. The van der Waals surface area contributed by atoms with Crippen molar-refractivity contribution in [2.75, 3.05) is 13.2 Å². The van der Waals surface area contributed by atoms with Gasteiger partial charge < -0.3 is 14.2 Å². The van der Waals surface area contributed by atoms with Crippen molar-refractivity contribution in [2.24, 2.45) is 0 Å². The second-order valence-corrected chi connectivity index (χ2v) is 3.17. The van der Waals surface area contributed by atoms with E-state index in [1.165, 1.54) is 6.08 Å². The van der Waals surface area contributed by atoms with E-state index >= 15 is 0 Å². The number of ether oxygens (including phenoxy) is 3. The number of carbonyl (C=O) groups excluding carboxylic acids is 2. The molecule has 1 atom stereocenters. The number of esters is 1. The molecule has 0 aromatic carbocycles. The molecule has 1 saturated heterocycles. The second kappa shape index (κ2) is 5.50. The van der Waals surface area contributed by atoms with E-state index in [-0.39, 0.29) is 19.4 Å². The Morgan fingerprint density at radius 2 is 2.50 bits per heavy atom. The lowest BCUT2D eigenvalue weighted by atomic mass is 10.3. The lowest BCUT2D eigenvalue weighted by molar-refractivity contribution is -0.221. The highest BCUT2D eigenvalue weighted by molar-refractivity contribution is 5.74. The van der Waals surface area contributed by atoms with Crippen LogP contribution in [0.2, 0.25) is 0 Å². The molecule has 1 aliphatic rings. The number of alkyl carbamates (subject to hydrolysis) is 1. The molecule has 0 bridgehead atoms. The first kappa shape index (κ1) is 12.5. The third kappa shape index (κ3) is 3.23. The summed E-state index contributed by atoms with van der Waals surface area (Å²) in [5.41, 5.74) is 0. The van der Waals surface area contributed by atoms with Crippen LogP contribution in [0.15, 0.2) is 12.7 Å². The molecule has 1 unspecified atom stereocenters. The van der Waals surface area contributed by atoms with Gasteiger partial charge >= 0.3 is 12.1 Å². The predicted molar refractivity (Wildman–Crippen MR) is 54.4 cm³/mol. The number of cyclic esters (lactones) is 1. The van der Waals surface area contributed by atoms with Crippen LogP contribution in [0.25, 0.3) is 0 Å². The molecule has 6 nitrogen and oxygen atoms in total. The first-order chi connectivity index (χ1) is 7.62. The van der Waals surface area contributed by atoms with E-state index < -0.39 is 18.0 Å². The van der Waals surface area contributed by atoms with Crippen LogP contribution in [0, 0.1) is 0 Å². The summed E-state index contributed by atoms with van der Waals surface area (Å²) < 4.78 is 14.9. The lowest BCUT2D eigenvalue weighted by Gasteiger charge is -2.27. The maximum absolute atomic E-state index is 11.3. The van der Waals surface area contributed by atoms with E-state index in [0.29, 0.717) is 6.61 Å². The SMILES string of the molecule is C=CCOC(=O)NC1(OCC)CCC(=O)O1. The molecule has 1 amide bonds. The van der Waals surface area contributed by atoms with Crippen LogP contribution >= 0.6 is 0 Å². The van der Waals surface area contributed by atoms with Crippen LogP contribution in [0.3, 0.4) is 0 Å². The van der Waals surface area contributed by atoms with Gasteiger partial charge in [-0.1, -0.05) is 12.7 Å². The zero-order valence-electron chi connectivity index (χ0n) is 9.15. The van der Waals surface area contributed by atoms with Crippen molar-refractivity contribution in [2.45, 2.75) is 25.7 Å². The number of rotatable bonds is 5. The van der Waals surface area contributed by atoms with Gasteiger partial charge in [-0.3, -0.25) is 10.1 Å². The molecule has 0 radical (unpaired) electrons. The number of hydrogen-bond acceptors (Lipinski definition) is 5. The third-order valence-corrected chi connectivity index (χ3v) is 1.94. The van der Waals surface area contributed by atoms with E-state index in [1.807, 2.05) is 0 Å².